The van der Waals surface area contributed by atoms with Gasteiger partial charge in [0.05, 0.1) is 12.7 Å². The number of carbonyl (C=O) groups excluding carboxylic acids is 1. The number of ether oxygens (including phenoxy) is 2. The largest absolute Gasteiger partial charge is 0.493 e. The third kappa shape index (κ3) is 6.22. The summed E-state index contributed by atoms with van der Waals surface area (Å²) in [4.78, 5) is 19.6. The highest BCUT2D eigenvalue weighted by molar-refractivity contribution is 14.1. The van der Waals surface area contributed by atoms with Crippen LogP contribution < -0.4 is 14.8 Å². The number of aliphatic imine (C=N–C) groups is 1. The van der Waals surface area contributed by atoms with E-state index in [0.717, 1.165) is 51.6 Å². The van der Waals surface area contributed by atoms with E-state index >= 15 is 0 Å². The lowest BCUT2D eigenvalue weighted by Crippen LogP contribution is -2.14. The van der Waals surface area contributed by atoms with Crippen molar-refractivity contribution in [2.24, 2.45) is 4.99 Å². The molecule has 0 radical (unpaired) electrons. The zero-order chi connectivity index (χ0) is 26.5. The van der Waals surface area contributed by atoms with Crippen molar-refractivity contribution in [2.75, 3.05) is 12.4 Å². The Balaban J connectivity index is 1.49. The molecule has 1 aromatic heterocycles. The molecule has 5 nitrogen and oxygen atoms in total. The van der Waals surface area contributed by atoms with Crippen molar-refractivity contribution < 1.29 is 14.3 Å². The normalized spacial score (nSPS) is 12.8. The second-order valence-corrected chi connectivity index (χ2v) is 11.7. The molecule has 0 unspecified atom stereocenters. The van der Waals surface area contributed by atoms with Gasteiger partial charge in [-0.2, -0.15) is 0 Å². The standard InChI is InChI=1S/C30H26ClIN2O3S/c1-36-25-16-22(32)15-20(28(25)37-18-19-8-7-9-21(31)14-19)17-33-30-27(24-12-5-6-13-26(24)38-30)29(35)34-23-10-3-2-4-11-23/h2-4,7-11,14-17H,5-6,12-13,18H2,1H3,(H,34,35). The lowest BCUT2D eigenvalue weighted by molar-refractivity contribution is 0.102. The van der Waals surface area contributed by atoms with Crippen molar-refractivity contribution in [3.05, 3.63) is 102 Å². The molecule has 1 N–H and O–H groups in total. The number of hydrogen-bond acceptors (Lipinski definition) is 5. The number of hydrogen-bond donors (Lipinski definition) is 1. The van der Waals surface area contributed by atoms with E-state index in [0.29, 0.717) is 33.7 Å². The van der Waals surface area contributed by atoms with Crippen LogP contribution in [0.1, 0.15) is 44.8 Å². The number of nitrogens with zero attached hydrogens (tertiary/aromatic N) is 1. The number of aryl methyl sites for hydroxylation is 1. The molecule has 0 bridgehead atoms. The van der Waals surface area contributed by atoms with Gasteiger partial charge in [0.25, 0.3) is 5.91 Å². The quantitative estimate of drug-likeness (QED) is 0.153. The van der Waals surface area contributed by atoms with Gasteiger partial charge in [0.2, 0.25) is 0 Å². The summed E-state index contributed by atoms with van der Waals surface area (Å²) in [5, 5.41) is 4.42. The first-order chi connectivity index (χ1) is 18.5. The average molecular weight is 657 g/mol. The predicted octanol–water partition coefficient (Wildman–Crippen LogP) is 8.48. The second-order valence-electron chi connectivity index (χ2n) is 8.91. The molecule has 1 amide bonds. The molecule has 0 aliphatic heterocycles. The number of fused-ring (bicyclic) bond motifs is 1. The van der Waals surface area contributed by atoms with Crippen LogP contribution in [0.3, 0.4) is 0 Å². The van der Waals surface area contributed by atoms with Gasteiger partial charge in [-0.05, 0) is 95.8 Å². The van der Waals surface area contributed by atoms with Gasteiger partial charge in [-0.25, -0.2) is 4.99 Å². The Morgan fingerprint density at radius 1 is 1.11 bits per heavy atom. The molecule has 1 aliphatic rings. The van der Waals surface area contributed by atoms with Gasteiger partial charge in [-0.3, -0.25) is 4.79 Å². The first-order valence-corrected chi connectivity index (χ1v) is 14.6. The number of halogens is 2. The number of benzene rings is 3. The fraction of sp³-hybridized carbons (Fsp3) is 0.200. The van der Waals surface area contributed by atoms with Crippen LogP contribution in [0.4, 0.5) is 10.7 Å². The molecule has 194 valence electrons. The van der Waals surface area contributed by atoms with Gasteiger partial charge in [0, 0.05) is 30.9 Å². The van der Waals surface area contributed by atoms with Crippen LogP contribution in [0.25, 0.3) is 0 Å². The Labute approximate surface area is 245 Å². The average Bonchev–Trinajstić information content (AvgIpc) is 3.30. The molecule has 4 aromatic rings. The van der Waals surface area contributed by atoms with Crippen LogP contribution >= 0.6 is 45.5 Å². The van der Waals surface area contributed by atoms with Crippen molar-refractivity contribution in [1.82, 2.24) is 0 Å². The predicted molar refractivity (Wildman–Crippen MR) is 164 cm³/mol. The third-order valence-electron chi connectivity index (χ3n) is 6.27. The number of anilines is 1. The van der Waals surface area contributed by atoms with Crippen molar-refractivity contribution in [2.45, 2.75) is 32.3 Å². The van der Waals surface area contributed by atoms with Crippen molar-refractivity contribution >= 4 is 68.3 Å². The first-order valence-electron chi connectivity index (χ1n) is 12.3. The lowest BCUT2D eigenvalue weighted by atomic mass is 9.95. The Hall–Kier alpha value is -2.88. The summed E-state index contributed by atoms with van der Waals surface area (Å²) in [7, 11) is 1.62. The molecule has 0 spiro atoms. The molecule has 0 fully saturated rings. The summed E-state index contributed by atoms with van der Waals surface area (Å²) in [5.41, 5.74) is 4.29. The molecule has 0 atom stereocenters. The Morgan fingerprint density at radius 3 is 2.71 bits per heavy atom. The van der Waals surface area contributed by atoms with E-state index in [1.54, 1.807) is 24.7 Å². The van der Waals surface area contributed by atoms with E-state index in [2.05, 4.69) is 27.9 Å². The molecule has 3 aromatic carbocycles. The summed E-state index contributed by atoms with van der Waals surface area (Å²) in [6.07, 6.45) is 5.85. The van der Waals surface area contributed by atoms with Gasteiger partial charge in [0.1, 0.15) is 11.6 Å². The highest BCUT2D eigenvalue weighted by Gasteiger charge is 2.25. The maximum atomic E-state index is 13.5. The van der Waals surface area contributed by atoms with Gasteiger partial charge >= 0.3 is 0 Å². The zero-order valence-electron chi connectivity index (χ0n) is 20.8. The van der Waals surface area contributed by atoms with Crippen LogP contribution in [-0.2, 0) is 19.4 Å². The maximum Gasteiger partial charge on any atom is 0.259 e. The number of methoxy groups -OCH3 is 1. The molecule has 38 heavy (non-hydrogen) atoms. The smallest absolute Gasteiger partial charge is 0.259 e. The number of rotatable bonds is 8. The maximum absolute atomic E-state index is 13.5. The van der Waals surface area contributed by atoms with Gasteiger partial charge in [-0.15, -0.1) is 11.3 Å². The summed E-state index contributed by atoms with van der Waals surface area (Å²) in [5.74, 6) is 1.08. The van der Waals surface area contributed by atoms with E-state index < -0.39 is 0 Å². The molecule has 0 saturated heterocycles. The number of carbonyl (C=O) groups is 1. The van der Waals surface area contributed by atoms with E-state index in [-0.39, 0.29) is 5.91 Å². The van der Waals surface area contributed by atoms with Crippen molar-refractivity contribution in [1.29, 1.82) is 0 Å². The SMILES string of the molecule is COc1cc(I)cc(C=Nc2sc3c(c2C(=O)Nc2ccccc2)CCCC3)c1OCc1cccc(Cl)c1. The minimum absolute atomic E-state index is 0.125. The van der Waals surface area contributed by atoms with Crippen molar-refractivity contribution in [3.8, 4) is 11.5 Å². The molecule has 8 heteroatoms. The third-order valence-corrected chi connectivity index (χ3v) is 8.33. The summed E-state index contributed by atoms with van der Waals surface area (Å²) < 4.78 is 12.9. The topological polar surface area (TPSA) is 59.9 Å². The minimum atomic E-state index is -0.125. The molecule has 1 aliphatic carbocycles. The Bertz CT molecular complexity index is 1490. The van der Waals surface area contributed by atoms with Crippen molar-refractivity contribution in [3.63, 3.8) is 0 Å². The van der Waals surface area contributed by atoms with Crippen LogP contribution in [-0.4, -0.2) is 19.2 Å². The lowest BCUT2D eigenvalue weighted by Gasteiger charge is -2.14. The van der Waals surface area contributed by atoms with E-state index in [1.807, 2.05) is 66.7 Å². The van der Waals surface area contributed by atoms with Crippen LogP contribution in [0.5, 0.6) is 11.5 Å². The summed E-state index contributed by atoms with van der Waals surface area (Å²) >= 11 is 10.0. The minimum Gasteiger partial charge on any atom is -0.493 e. The van der Waals surface area contributed by atoms with Gasteiger partial charge in [-0.1, -0.05) is 41.9 Å². The number of para-hydroxylation sites is 1. The van der Waals surface area contributed by atoms with Crippen LogP contribution in [0.15, 0.2) is 71.7 Å². The highest BCUT2D eigenvalue weighted by atomic mass is 127. The fourth-order valence-corrected chi connectivity index (χ4v) is 6.55. The van der Waals surface area contributed by atoms with Crippen LogP contribution in [0, 0.1) is 3.57 Å². The first kappa shape index (κ1) is 26.7. The van der Waals surface area contributed by atoms with Crippen LogP contribution in [0.2, 0.25) is 5.02 Å². The fourth-order valence-electron chi connectivity index (χ4n) is 4.49. The van der Waals surface area contributed by atoms with Gasteiger partial charge < -0.3 is 14.8 Å². The number of nitrogens with one attached hydrogen (secondary N) is 1. The molecule has 5 rings (SSSR count). The van der Waals surface area contributed by atoms with E-state index in [1.165, 1.54) is 4.88 Å². The Morgan fingerprint density at radius 2 is 1.92 bits per heavy atom. The van der Waals surface area contributed by atoms with E-state index in [9.17, 15) is 4.79 Å². The monoisotopic (exact) mass is 656 g/mol. The molecular weight excluding hydrogens is 631 g/mol. The second kappa shape index (κ2) is 12.3. The summed E-state index contributed by atoms with van der Waals surface area (Å²) in [6.45, 7) is 0.330. The highest BCUT2D eigenvalue weighted by Crippen LogP contribution is 2.41. The Kier molecular flexibility index (Phi) is 8.66. The number of amides is 1. The van der Waals surface area contributed by atoms with E-state index in [4.69, 9.17) is 26.1 Å². The molecular formula is C30H26ClIN2O3S. The molecule has 1 heterocycles. The number of thiophene rings is 1. The van der Waals surface area contributed by atoms with Gasteiger partial charge in [0.15, 0.2) is 11.5 Å². The summed E-state index contributed by atoms with van der Waals surface area (Å²) in [6, 6.07) is 21.0. The zero-order valence-corrected chi connectivity index (χ0v) is 24.5. The molecule has 0 saturated carbocycles.